The Bertz CT molecular complexity index is 968. The van der Waals surface area contributed by atoms with Gasteiger partial charge in [0.15, 0.2) is 0 Å². The molecule has 0 fully saturated rings. The van der Waals surface area contributed by atoms with Crippen LogP contribution in [0.3, 0.4) is 0 Å². The molecule has 0 spiro atoms. The van der Waals surface area contributed by atoms with Gasteiger partial charge >= 0.3 is 0 Å². The summed E-state index contributed by atoms with van der Waals surface area (Å²) in [6, 6.07) is 35.6. The molecular formula is C26H23FeO2P-6. The van der Waals surface area contributed by atoms with Crippen molar-refractivity contribution < 1.29 is 26.7 Å². The molecule has 0 aromatic heterocycles. The monoisotopic (exact) mass is 454 g/mol. The molecule has 158 valence electrons. The van der Waals surface area contributed by atoms with E-state index in [1.165, 1.54) is 10.6 Å². The van der Waals surface area contributed by atoms with Gasteiger partial charge in [0, 0.05) is 17.1 Å². The van der Waals surface area contributed by atoms with Gasteiger partial charge in [0.1, 0.15) is 5.78 Å². The van der Waals surface area contributed by atoms with Gasteiger partial charge in [-0.2, -0.15) is 12.1 Å². The Hall–Kier alpha value is -2.57. The maximum atomic E-state index is 12.5. The molecule has 4 aromatic rings. The third-order valence-electron chi connectivity index (χ3n) is 4.49. The van der Waals surface area contributed by atoms with Crippen molar-refractivity contribution in [3.05, 3.63) is 120 Å². The maximum Gasteiger partial charge on any atom is 0.105 e. The van der Waals surface area contributed by atoms with Gasteiger partial charge in [-0.1, -0.05) is 80.3 Å². The average molecular weight is 454 g/mol. The van der Waals surface area contributed by atoms with E-state index in [4.69, 9.17) is 0 Å². The molecule has 30 heavy (non-hydrogen) atoms. The molecule has 4 aromatic carbocycles. The summed E-state index contributed by atoms with van der Waals surface area (Å²) in [5.41, 5.74) is 1.61. The van der Waals surface area contributed by atoms with E-state index >= 15 is 0 Å². The molecule has 0 radical (unpaired) electrons. The van der Waals surface area contributed by atoms with Gasteiger partial charge in [-0.15, -0.1) is 0 Å². The van der Waals surface area contributed by atoms with Crippen LogP contribution in [0.4, 0.5) is 0 Å². The second-order valence-corrected chi connectivity index (χ2v) is 8.79. The fourth-order valence-corrected chi connectivity index (χ4v) is 5.15. The van der Waals surface area contributed by atoms with E-state index in [0.717, 1.165) is 11.1 Å². The zero-order valence-corrected chi connectivity index (χ0v) is 18.7. The Morgan fingerprint density at radius 2 is 1.27 bits per heavy atom. The van der Waals surface area contributed by atoms with Crippen LogP contribution in [0.5, 0.6) is 0 Å². The van der Waals surface area contributed by atoms with Gasteiger partial charge in [0.2, 0.25) is 0 Å². The number of rotatable bonds is 6. The SMILES string of the molecule is CC(=O)[c-]1cccc1.O=C(CP(c1ccccc1)c1ccccc1)[c-]1[cH-][cH-][cH-][cH-]1.[Fe]. The summed E-state index contributed by atoms with van der Waals surface area (Å²) < 4.78 is 0. The first-order chi connectivity index (χ1) is 14.1. The topological polar surface area (TPSA) is 34.1 Å². The summed E-state index contributed by atoms with van der Waals surface area (Å²) >= 11 is 0. The summed E-state index contributed by atoms with van der Waals surface area (Å²) in [7, 11) is -0.645. The van der Waals surface area contributed by atoms with Crippen LogP contribution in [0.25, 0.3) is 0 Å². The van der Waals surface area contributed by atoms with Crippen molar-refractivity contribution in [1.82, 2.24) is 0 Å². The number of benzene rings is 2. The third-order valence-corrected chi connectivity index (χ3v) is 6.94. The van der Waals surface area contributed by atoms with E-state index in [9.17, 15) is 9.59 Å². The van der Waals surface area contributed by atoms with Gasteiger partial charge in [-0.25, -0.2) is 12.1 Å². The van der Waals surface area contributed by atoms with Gasteiger partial charge in [0.25, 0.3) is 0 Å². The molecule has 4 rings (SSSR count). The molecule has 0 aliphatic heterocycles. The van der Waals surface area contributed by atoms with E-state index in [0.29, 0.717) is 6.16 Å². The first-order valence-corrected chi connectivity index (χ1v) is 11.0. The standard InChI is InChI=1S/C19H16OP.C7H7O.Fe/c20-19(16-9-7-8-10-16)15-21(17-11-3-1-4-12-17)18-13-5-2-6-14-18;1-6(8)7-4-2-3-5-7;/h1-14H,15H2;2-5H,1H3;/q-5;-1;. The Balaban J connectivity index is 0.000000302. The van der Waals surface area contributed by atoms with Crippen molar-refractivity contribution >= 4 is 30.1 Å². The Labute approximate surface area is 189 Å². The predicted octanol–water partition coefficient (Wildman–Crippen LogP) is 5.33. The number of Topliss-reactive ketones (excluding diaryl/α,β-unsaturated/α-hetero) is 2. The normalized spacial score (nSPS) is 9.93. The molecule has 0 aliphatic rings. The quantitative estimate of drug-likeness (QED) is 0.171. The second-order valence-electron chi connectivity index (χ2n) is 6.58. The maximum absolute atomic E-state index is 12.5. The minimum atomic E-state index is -0.645. The first kappa shape index (κ1) is 23.7. The number of hydrogen-bond acceptors (Lipinski definition) is 2. The third kappa shape index (κ3) is 6.75. The molecule has 0 unspecified atom stereocenters. The number of carbonyl (C=O) groups is 2. The minimum Gasteiger partial charge on any atom is -0.718 e. The van der Waals surface area contributed by atoms with E-state index in [2.05, 4.69) is 24.3 Å². The van der Waals surface area contributed by atoms with Crippen LogP contribution in [0, 0.1) is 0 Å². The summed E-state index contributed by atoms with van der Waals surface area (Å²) in [5.74, 6) is 0.355. The van der Waals surface area contributed by atoms with Gasteiger partial charge in [0.05, 0.1) is 0 Å². The molecule has 0 atom stereocenters. The average Bonchev–Trinajstić information content (AvgIpc) is 3.48. The molecule has 0 saturated heterocycles. The van der Waals surface area contributed by atoms with Crippen LogP contribution in [-0.4, -0.2) is 17.7 Å². The first-order valence-electron chi connectivity index (χ1n) is 9.50. The summed E-state index contributed by atoms with van der Waals surface area (Å²) in [6.45, 7) is 1.56. The Morgan fingerprint density at radius 1 is 0.800 bits per heavy atom. The number of carbonyl (C=O) groups excluding carboxylic acids is 2. The molecule has 0 amide bonds. The summed E-state index contributed by atoms with van der Waals surface area (Å²) in [4.78, 5) is 23.0. The van der Waals surface area contributed by atoms with Crippen molar-refractivity contribution in [3.8, 4) is 0 Å². The van der Waals surface area contributed by atoms with Gasteiger partial charge in [-0.3, -0.25) is 5.78 Å². The number of ketones is 2. The van der Waals surface area contributed by atoms with Crippen molar-refractivity contribution in [2.75, 3.05) is 6.16 Å². The van der Waals surface area contributed by atoms with E-state index in [1.807, 2.05) is 84.9 Å². The van der Waals surface area contributed by atoms with Crippen LogP contribution in [0.15, 0.2) is 109 Å². The van der Waals surface area contributed by atoms with Crippen molar-refractivity contribution in [3.63, 3.8) is 0 Å². The van der Waals surface area contributed by atoms with Crippen LogP contribution in [0.2, 0.25) is 0 Å². The van der Waals surface area contributed by atoms with E-state index in [-0.39, 0.29) is 28.6 Å². The van der Waals surface area contributed by atoms with E-state index < -0.39 is 7.92 Å². The fraction of sp³-hybridized carbons (Fsp3) is 0.0769. The minimum absolute atomic E-state index is 0. The van der Waals surface area contributed by atoms with Crippen LogP contribution < -0.4 is 10.6 Å². The zero-order valence-electron chi connectivity index (χ0n) is 16.7. The Kier molecular flexibility index (Phi) is 9.64. The molecule has 0 saturated carbocycles. The van der Waals surface area contributed by atoms with Gasteiger partial charge < -0.3 is 39.4 Å². The van der Waals surface area contributed by atoms with Gasteiger partial charge in [-0.05, 0) is 17.5 Å². The zero-order chi connectivity index (χ0) is 20.5. The smallest absolute Gasteiger partial charge is 0.105 e. The fourth-order valence-electron chi connectivity index (χ4n) is 2.95. The predicted molar refractivity (Wildman–Crippen MR) is 122 cm³/mol. The van der Waals surface area contributed by atoms with Crippen LogP contribution in [0.1, 0.15) is 27.6 Å². The summed E-state index contributed by atoms with van der Waals surface area (Å²) in [6.07, 6.45) is 0.563. The molecule has 0 aliphatic carbocycles. The molecule has 2 nitrogen and oxygen atoms in total. The van der Waals surface area contributed by atoms with Crippen molar-refractivity contribution in [1.29, 1.82) is 0 Å². The molecule has 0 heterocycles. The van der Waals surface area contributed by atoms with Crippen molar-refractivity contribution in [2.45, 2.75) is 6.92 Å². The molecular weight excluding hydrogens is 431 g/mol. The van der Waals surface area contributed by atoms with Crippen molar-refractivity contribution in [2.24, 2.45) is 0 Å². The molecule has 0 N–H and O–H groups in total. The van der Waals surface area contributed by atoms with Crippen LogP contribution >= 0.6 is 7.92 Å². The van der Waals surface area contributed by atoms with E-state index in [1.54, 1.807) is 6.92 Å². The second kappa shape index (κ2) is 12.2. The summed E-state index contributed by atoms with van der Waals surface area (Å²) in [5, 5.41) is 2.50. The largest absolute Gasteiger partial charge is 0.718 e. The Morgan fingerprint density at radius 3 is 1.67 bits per heavy atom. The molecule has 0 bridgehead atoms. The molecule has 4 heteroatoms. The number of hydrogen-bond donors (Lipinski definition) is 0. The van der Waals surface area contributed by atoms with Crippen LogP contribution in [-0.2, 0) is 17.1 Å².